The first kappa shape index (κ1) is 16.8. The number of rotatable bonds is 6. The molecule has 1 saturated heterocycles. The highest BCUT2D eigenvalue weighted by molar-refractivity contribution is 6.30. The summed E-state index contributed by atoms with van der Waals surface area (Å²) in [6.45, 7) is 5.38. The van der Waals surface area contributed by atoms with Crippen LogP contribution in [0.25, 0.3) is 0 Å². The molecule has 0 unspecified atom stereocenters. The molecule has 3 rings (SSSR count). The second-order valence-corrected chi connectivity index (χ2v) is 6.25. The smallest absolute Gasteiger partial charge is 0.153 e. The normalized spacial score (nSPS) is 15.3. The molecular weight excluding hydrogens is 324 g/mol. The molecule has 2 aromatic carbocycles. The Labute approximate surface area is 147 Å². The van der Waals surface area contributed by atoms with E-state index in [0.717, 1.165) is 44.0 Å². The minimum Gasteiger partial charge on any atom is -0.492 e. The van der Waals surface area contributed by atoms with E-state index in [1.807, 2.05) is 36.4 Å². The summed E-state index contributed by atoms with van der Waals surface area (Å²) in [6.07, 6.45) is 0.832. The zero-order valence-electron chi connectivity index (χ0n) is 13.5. The fourth-order valence-corrected chi connectivity index (χ4v) is 3.08. The molecule has 5 heteroatoms. The number of hydrogen-bond acceptors (Lipinski definition) is 4. The number of hydrogen-bond donors (Lipinski definition) is 0. The van der Waals surface area contributed by atoms with Gasteiger partial charge >= 0.3 is 0 Å². The van der Waals surface area contributed by atoms with Crippen molar-refractivity contribution in [3.63, 3.8) is 0 Å². The first-order valence-corrected chi connectivity index (χ1v) is 8.54. The predicted octanol–water partition coefficient (Wildman–Crippen LogP) is 3.35. The van der Waals surface area contributed by atoms with Gasteiger partial charge in [0.1, 0.15) is 12.4 Å². The highest BCUT2D eigenvalue weighted by Gasteiger charge is 2.17. The molecule has 0 aromatic heterocycles. The number of carbonyl (C=O) groups is 1. The van der Waals surface area contributed by atoms with Crippen LogP contribution in [-0.2, 0) is 0 Å². The van der Waals surface area contributed by atoms with Gasteiger partial charge in [-0.25, -0.2) is 0 Å². The molecule has 0 spiro atoms. The summed E-state index contributed by atoms with van der Waals surface area (Å²) >= 11 is 6.07. The molecule has 0 N–H and O–H groups in total. The Balaban J connectivity index is 1.45. The maximum atomic E-state index is 11.0. The summed E-state index contributed by atoms with van der Waals surface area (Å²) in [5.41, 5.74) is 1.78. The van der Waals surface area contributed by atoms with E-state index in [2.05, 4.69) is 15.9 Å². The fourth-order valence-electron chi connectivity index (χ4n) is 2.90. The Morgan fingerprint density at radius 1 is 1.04 bits per heavy atom. The van der Waals surface area contributed by atoms with Crippen LogP contribution in [0.4, 0.5) is 5.69 Å². The lowest BCUT2D eigenvalue weighted by Gasteiger charge is -2.36. The molecule has 126 valence electrons. The van der Waals surface area contributed by atoms with Crippen LogP contribution in [0.3, 0.4) is 0 Å². The predicted molar refractivity (Wildman–Crippen MR) is 97.4 cm³/mol. The third-order valence-corrected chi connectivity index (χ3v) is 4.49. The number of benzene rings is 2. The Kier molecular flexibility index (Phi) is 5.72. The first-order valence-electron chi connectivity index (χ1n) is 8.16. The number of aldehydes is 1. The SMILES string of the molecule is O=Cc1ccccc1OCCN1CCN(c2cccc(Cl)c2)CC1. The zero-order valence-corrected chi connectivity index (χ0v) is 14.3. The van der Waals surface area contributed by atoms with Crippen LogP contribution < -0.4 is 9.64 Å². The molecule has 0 bridgehead atoms. The van der Waals surface area contributed by atoms with Crippen molar-refractivity contribution in [1.29, 1.82) is 0 Å². The standard InChI is InChI=1S/C19H21ClN2O2/c20-17-5-3-6-18(14-17)22-10-8-21(9-11-22)12-13-24-19-7-2-1-4-16(19)15-23/h1-7,14-15H,8-13H2. The first-order chi connectivity index (χ1) is 11.8. The number of carbonyl (C=O) groups excluding carboxylic acids is 1. The van der Waals surface area contributed by atoms with Crippen LogP contribution in [0, 0.1) is 0 Å². The average Bonchev–Trinajstić information content (AvgIpc) is 2.63. The Morgan fingerprint density at radius 3 is 2.58 bits per heavy atom. The van der Waals surface area contributed by atoms with E-state index in [1.165, 1.54) is 5.69 Å². The molecule has 0 atom stereocenters. The Morgan fingerprint density at radius 2 is 1.83 bits per heavy atom. The van der Waals surface area contributed by atoms with Gasteiger partial charge in [-0.05, 0) is 30.3 Å². The van der Waals surface area contributed by atoms with Gasteiger partial charge in [-0.3, -0.25) is 9.69 Å². The third kappa shape index (κ3) is 4.28. The van der Waals surface area contributed by atoms with Crippen LogP contribution in [0.15, 0.2) is 48.5 Å². The van der Waals surface area contributed by atoms with Gasteiger partial charge in [0.05, 0.1) is 5.56 Å². The summed E-state index contributed by atoms with van der Waals surface area (Å²) in [4.78, 5) is 15.7. The van der Waals surface area contributed by atoms with Crippen molar-refractivity contribution in [3.8, 4) is 5.75 Å². The van der Waals surface area contributed by atoms with E-state index in [0.29, 0.717) is 17.9 Å². The molecule has 4 nitrogen and oxygen atoms in total. The third-order valence-electron chi connectivity index (χ3n) is 4.26. The Bertz CT molecular complexity index is 685. The van der Waals surface area contributed by atoms with Gasteiger partial charge in [-0.1, -0.05) is 29.8 Å². The number of anilines is 1. The molecule has 24 heavy (non-hydrogen) atoms. The highest BCUT2D eigenvalue weighted by Crippen LogP contribution is 2.21. The van der Waals surface area contributed by atoms with Crippen LogP contribution >= 0.6 is 11.6 Å². The number of halogens is 1. The summed E-state index contributed by atoms with van der Waals surface area (Å²) in [6, 6.07) is 15.3. The number of para-hydroxylation sites is 1. The van der Waals surface area contributed by atoms with Crippen molar-refractivity contribution in [2.24, 2.45) is 0 Å². The monoisotopic (exact) mass is 344 g/mol. The number of ether oxygens (including phenoxy) is 1. The van der Waals surface area contributed by atoms with Gasteiger partial charge < -0.3 is 9.64 Å². The van der Waals surface area contributed by atoms with Gasteiger partial charge in [-0.15, -0.1) is 0 Å². The molecule has 1 heterocycles. The molecule has 0 amide bonds. The van der Waals surface area contributed by atoms with E-state index >= 15 is 0 Å². The minimum atomic E-state index is 0.585. The minimum absolute atomic E-state index is 0.585. The summed E-state index contributed by atoms with van der Waals surface area (Å²) in [5, 5.41) is 0.775. The Hall–Kier alpha value is -2.04. The molecule has 1 aliphatic heterocycles. The number of nitrogens with zero attached hydrogens (tertiary/aromatic N) is 2. The van der Waals surface area contributed by atoms with Crippen LogP contribution in [0.1, 0.15) is 10.4 Å². The zero-order chi connectivity index (χ0) is 16.8. The highest BCUT2D eigenvalue weighted by atomic mass is 35.5. The van der Waals surface area contributed by atoms with Gasteiger partial charge in [0.25, 0.3) is 0 Å². The van der Waals surface area contributed by atoms with Gasteiger partial charge in [-0.2, -0.15) is 0 Å². The lowest BCUT2D eigenvalue weighted by molar-refractivity contribution is 0.111. The summed E-state index contributed by atoms with van der Waals surface area (Å²) < 4.78 is 5.75. The molecule has 1 fully saturated rings. The second-order valence-electron chi connectivity index (χ2n) is 5.81. The maximum absolute atomic E-state index is 11.0. The summed E-state index contributed by atoms with van der Waals surface area (Å²) in [5.74, 6) is 0.657. The van der Waals surface area contributed by atoms with Crippen molar-refractivity contribution in [2.45, 2.75) is 0 Å². The van der Waals surface area contributed by atoms with Crippen molar-refractivity contribution < 1.29 is 9.53 Å². The molecule has 2 aromatic rings. The van der Waals surface area contributed by atoms with Crippen LogP contribution in [-0.4, -0.2) is 50.5 Å². The van der Waals surface area contributed by atoms with Gasteiger partial charge in [0.15, 0.2) is 6.29 Å². The van der Waals surface area contributed by atoms with Crippen molar-refractivity contribution >= 4 is 23.6 Å². The van der Waals surface area contributed by atoms with Crippen LogP contribution in [0.2, 0.25) is 5.02 Å². The second kappa shape index (κ2) is 8.18. The molecular formula is C19H21ClN2O2. The van der Waals surface area contributed by atoms with Crippen molar-refractivity contribution in [1.82, 2.24) is 4.90 Å². The number of piperazine rings is 1. The molecule has 0 radical (unpaired) electrons. The van der Waals surface area contributed by atoms with Crippen molar-refractivity contribution in [3.05, 3.63) is 59.1 Å². The maximum Gasteiger partial charge on any atom is 0.153 e. The van der Waals surface area contributed by atoms with Crippen molar-refractivity contribution in [2.75, 3.05) is 44.2 Å². The molecule has 1 aliphatic rings. The molecule has 0 saturated carbocycles. The average molecular weight is 345 g/mol. The fraction of sp³-hybridized carbons (Fsp3) is 0.316. The van der Waals surface area contributed by atoms with Gasteiger partial charge in [0, 0.05) is 43.4 Å². The van der Waals surface area contributed by atoms with Gasteiger partial charge in [0.2, 0.25) is 0 Å². The van der Waals surface area contributed by atoms with E-state index < -0.39 is 0 Å². The van der Waals surface area contributed by atoms with E-state index in [4.69, 9.17) is 16.3 Å². The van der Waals surface area contributed by atoms with Crippen LogP contribution in [0.5, 0.6) is 5.75 Å². The largest absolute Gasteiger partial charge is 0.492 e. The quantitative estimate of drug-likeness (QED) is 0.752. The topological polar surface area (TPSA) is 32.8 Å². The molecule has 0 aliphatic carbocycles. The van der Waals surface area contributed by atoms with E-state index in [-0.39, 0.29) is 0 Å². The lowest BCUT2D eigenvalue weighted by Crippen LogP contribution is -2.47. The summed E-state index contributed by atoms with van der Waals surface area (Å²) in [7, 11) is 0. The lowest BCUT2D eigenvalue weighted by atomic mass is 10.2. The van der Waals surface area contributed by atoms with E-state index in [1.54, 1.807) is 6.07 Å². The van der Waals surface area contributed by atoms with E-state index in [9.17, 15) is 4.79 Å².